The van der Waals surface area contributed by atoms with Gasteiger partial charge in [0.2, 0.25) is 5.91 Å². The molecule has 0 heterocycles. The quantitative estimate of drug-likeness (QED) is 0.813. The summed E-state index contributed by atoms with van der Waals surface area (Å²) in [7, 11) is 1.63. The van der Waals surface area contributed by atoms with E-state index in [2.05, 4.69) is 0 Å². The summed E-state index contributed by atoms with van der Waals surface area (Å²) in [6.07, 6.45) is 0.351. The maximum atomic E-state index is 13.6. The fraction of sp³-hybridized carbons (Fsp3) is 0.278. The molecule has 1 unspecified atom stereocenters. The molecule has 0 spiro atoms. The molecule has 1 amide bonds. The molecule has 0 N–H and O–H groups in total. The Labute approximate surface area is 129 Å². The van der Waals surface area contributed by atoms with Crippen LogP contribution in [0.4, 0.5) is 8.78 Å². The van der Waals surface area contributed by atoms with Gasteiger partial charge in [-0.25, -0.2) is 8.78 Å². The summed E-state index contributed by atoms with van der Waals surface area (Å²) >= 11 is 0. The van der Waals surface area contributed by atoms with Crippen molar-refractivity contribution in [1.82, 2.24) is 4.90 Å². The molecule has 4 heteroatoms. The summed E-state index contributed by atoms with van der Waals surface area (Å²) in [4.78, 5) is 13.7. The summed E-state index contributed by atoms with van der Waals surface area (Å²) in [5, 5.41) is 0. The Morgan fingerprint density at radius 1 is 1.14 bits per heavy atom. The van der Waals surface area contributed by atoms with Crippen molar-refractivity contribution in [3.63, 3.8) is 0 Å². The molecular weight excluding hydrogens is 284 g/mol. The van der Waals surface area contributed by atoms with Gasteiger partial charge in [-0.2, -0.15) is 0 Å². The zero-order chi connectivity index (χ0) is 16.1. The van der Waals surface area contributed by atoms with Crippen LogP contribution in [0.2, 0.25) is 0 Å². The Hall–Kier alpha value is -2.23. The lowest BCUT2D eigenvalue weighted by molar-refractivity contribution is -0.130. The number of carbonyl (C=O) groups is 1. The van der Waals surface area contributed by atoms with Gasteiger partial charge in [0.05, 0.1) is 0 Å². The summed E-state index contributed by atoms with van der Waals surface area (Å²) in [5.41, 5.74) is 1.40. The van der Waals surface area contributed by atoms with Crippen molar-refractivity contribution in [1.29, 1.82) is 0 Å². The average molecular weight is 303 g/mol. The van der Waals surface area contributed by atoms with E-state index in [0.29, 0.717) is 12.0 Å². The van der Waals surface area contributed by atoms with E-state index in [4.69, 9.17) is 0 Å². The number of nitrogens with zero attached hydrogens (tertiary/aromatic N) is 1. The van der Waals surface area contributed by atoms with Crippen LogP contribution in [-0.4, -0.2) is 17.9 Å². The lowest BCUT2D eigenvalue weighted by atomic mass is 9.97. The van der Waals surface area contributed by atoms with E-state index in [1.165, 1.54) is 17.0 Å². The molecule has 2 aromatic carbocycles. The average Bonchev–Trinajstić information content (AvgIpc) is 2.50. The molecule has 116 valence electrons. The van der Waals surface area contributed by atoms with Crippen LogP contribution in [0.3, 0.4) is 0 Å². The number of amides is 1. The first-order chi connectivity index (χ1) is 10.5. The van der Waals surface area contributed by atoms with E-state index in [-0.39, 0.29) is 18.4 Å². The third-order valence-corrected chi connectivity index (χ3v) is 3.70. The van der Waals surface area contributed by atoms with E-state index >= 15 is 0 Å². The molecule has 2 aromatic rings. The van der Waals surface area contributed by atoms with Gasteiger partial charge in [-0.1, -0.05) is 43.3 Å². The molecule has 0 aliphatic heterocycles. The van der Waals surface area contributed by atoms with Crippen LogP contribution in [0.15, 0.2) is 48.5 Å². The number of benzene rings is 2. The Kier molecular flexibility index (Phi) is 5.26. The minimum Gasteiger partial charge on any atom is -0.341 e. The van der Waals surface area contributed by atoms with Gasteiger partial charge in [0.1, 0.15) is 11.6 Å². The summed E-state index contributed by atoms with van der Waals surface area (Å²) in [6, 6.07) is 13.2. The fourth-order valence-electron chi connectivity index (χ4n) is 2.31. The topological polar surface area (TPSA) is 20.3 Å². The van der Waals surface area contributed by atoms with Crippen LogP contribution in [0, 0.1) is 11.6 Å². The van der Waals surface area contributed by atoms with Crippen molar-refractivity contribution >= 4 is 5.91 Å². The zero-order valence-corrected chi connectivity index (χ0v) is 12.7. The molecule has 0 aromatic heterocycles. The number of hydrogen-bond donors (Lipinski definition) is 0. The highest BCUT2D eigenvalue weighted by Crippen LogP contribution is 2.20. The first-order valence-corrected chi connectivity index (χ1v) is 7.20. The molecule has 0 aliphatic rings. The largest absolute Gasteiger partial charge is 0.341 e. The van der Waals surface area contributed by atoms with E-state index in [1.807, 2.05) is 37.3 Å². The monoisotopic (exact) mass is 303 g/mol. The standard InChI is InChI=1S/C18H19F2NO/c1-13(14-6-4-3-5-7-14)10-18(22)21(2)12-15-8-9-16(19)11-17(15)20/h3-9,11,13H,10,12H2,1-2H3. The van der Waals surface area contributed by atoms with Crippen LogP contribution in [0.25, 0.3) is 0 Å². The fourth-order valence-corrected chi connectivity index (χ4v) is 2.31. The van der Waals surface area contributed by atoms with Crippen molar-refractivity contribution in [3.8, 4) is 0 Å². The molecule has 0 radical (unpaired) electrons. The third kappa shape index (κ3) is 4.13. The number of rotatable bonds is 5. The second-order valence-electron chi connectivity index (χ2n) is 5.50. The highest BCUT2D eigenvalue weighted by molar-refractivity contribution is 5.76. The van der Waals surface area contributed by atoms with Crippen LogP contribution in [0.1, 0.15) is 30.4 Å². The molecule has 0 aliphatic carbocycles. The van der Waals surface area contributed by atoms with Gasteiger partial charge < -0.3 is 4.90 Å². The van der Waals surface area contributed by atoms with Gasteiger partial charge in [-0.05, 0) is 17.5 Å². The Morgan fingerprint density at radius 3 is 2.45 bits per heavy atom. The van der Waals surface area contributed by atoms with Crippen molar-refractivity contribution in [2.45, 2.75) is 25.8 Å². The predicted molar refractivity (Wildman–Crippen MR) is 82.3 cm³/mol. The minimum atomic E-state index is -0.629. The van der Waals surface area contributed by atoms with Crippen LogP contribution < -0.4 is 0 Å². The smallest absolute Gasteiger partial charge is 0.223 e. The maximum Gasteiger partial charge on any atom is 0.223 e. The Balaban J connectivity index is 1.97. The first-order valence-electron chi connectivity index (χ1n) is 7.20. The second kappa shape index (κ2) is 7.16. The van der Waals surface area contributed by atoms with Gasteiger partial charge >= 0.3 is 0 Å². The molecule has 22 heavy (non-hydrogen) atoms. The van der Waals surface area contributed by atoms with Gasteiger partial charge in [0, 0.05) is 31.6 Å². The molecular formula is C18H19F2NO. The minimum absolute atomic E-state index is 0.0694. The highest BCUT2D eigenvalue weighted by atomic mass is 19.1. The lowest BCUT2D eigenvalue weighted by Crippen LogP contribution is -2.27. The van der Waals surface area contributed by atoms with E-state index in [9.17, 15) is 13.6 Å². The van der Waals surface area contributed by atoms with Gasteiger partial charge in [0.15, 0.2) is 0 Å². The summed E-state index contributed by atoms with van der Waals surface area (Å²) in [6.45, 7) is 2.12. The molecule has 1 atom stereocenters. The highest BCUT2D eigenvalue weighted by Gasteiger charge is 2.16. The van der Waals surface area contributed by atoms with E-state index in [0.717, 1.165) is 11.6 Å². The molecule has 0 saturated heterocycles. The molecule has 2 rings (SSSR count). The molecule has 2 nitrogen and oxygen atoms in total. The van der Waals surface area contributed by atoms with Crippen LogP contribution in [-0.2, 0) is 11.3 Å². The first kappa shape index (κ1) is 16.1. The van der Waals surface area contributed by atoms with Gasteiger partial charge in [0.25, 0.3) is 0 Å². The SMILES string of the molecule is CC(CC(=O)N(C)Cc1ccc(F)cc1F)c1ccccc1. The van der Waals surface area contributed by atoms with Crippen molar-refractivity contribution < 1.29 is 13.6 Å². The van der Waals surface area contributed by atoms with Gasteiger partial charge in [-0.3, -0.25) is 4.79 Å². The number of carbonyl (C=O) groups excluding carboxylic acids is 1. The van der Waals surface area contributed by atoms with E-state index < -0.39 is 11.6 Å². The Bertz CT molecular complexity index is 643. The Morgan fingerprint density at radius 2 is 1.82 bits per heavy atom. The number of halogens is 2. The van der Waals surface area contributed by atoms with E-state index in [1.54, 1.807) is 7.05 Å². The van der Waals surface area contributed by atoms with Crippen LogP contribution >= 0.6 is 0 Å². The van der Waals surface area contributed by atoms with Crippen molar-refractivity contribution in [3.05, 3.63) is 71.3 Å². The molecule has 0 saturated carbocycles. The van der Waals surface area contributed by atoms with Gasteiger partial charge in [-0.15, -0.1) is 0 Å². The zero-order valence-electron chi connectivity index (χ0n) is 12.7. The van der Waals surface area contributed by atoms with Crippen molar-refractivity contribution in [2.75, 3.05) is 7.05 Å². The van der Waals surface area contributed by atoms with Crippen molar-refractivity contribution in [2.24, 2.45) is 0 Å². The normalized spacial score (nSPS) is 12.0. The molecule has 0 fully saturated rings. The third-order valence-electron chi connectivity index (χ3n) is 3.70. The maximum absolute atomic E-state index is 13.6. The summed E-state index contributed by atoms with van der Waals surface area (Å²) in [5.74, 6) is -1.22. The number of hydrogen-bond acceptors (Lipinski definition) is 1. The van der Waals surface area contributed by atoms with Crippen LogP contribution in [0.5, 0.6) is 0 Å². The molecule has 0 bridgehead atoms. The predicted octanol–water partition coefficient (Wildman–Crippen LogP) is 4.12. The lowest BCUT2D eigenvalue weighted by Gasteiger charge is -2.20. The second-order valence-corrected chi connectivity index (χ2v) is 5.50. The summed E-state index contributed by atoms with van der Waals surface area (Å²) < 4.78 is 26.5.